The SMILES string of the molecule is CC(=O)CCc1cn(CCOCCC(=O)C(C)C)nn1. The summed E-state index contributed by atoms with van der Waals surface area (Å²) in [7, 11) is 0. The summed E-state index contributed by atoms with van der Waals surface area (Å²) >= 11 is 0. The van der Waals surface area contributed by atoms with Gasteiger partial charge in [0, 0.05) is 25.0 Å². The van der Waals surface area contributed by atoms with Gasteiger partial charge in [0.15, 0.2) is 0 Å². The van der Waals surface area contributed by atoms with Crippen LogP contribution >= 0.6 is 0 Å². The van der Waals surface area contributed by atoms with Crippen LogP contribution in [-0.4, -0.2) is 39.8 Å². The summed E-state index contributed by atoms with van der Waals surface area (Å²) in [6.07, 6.45) is 3.40. The summed E-state index contributed by atoms with van der Waals surface area (Å²) in [5.74, 6) is 0.438. The van der Waals surface area contributed by atoms with Gasteiger partial charge in [0.05, 0.1) is 25.5 Å². The Balaban J connectivity index is 2.16. The van der Waals surface area contributed by atoms with E-state index in [1.54, 1.807) is 11.6 Å². The zero-order valence-electron chi connectivity index (χ0n) is 12.5. The maximum absolute atomic E-state index is 11.4. The highest BCUT2D eigenvalue weighted by atomic mass is 16.5. The van der Waals surface area contributed by atoms with Crippen molar-refractivity contribution >= 4 is 11.6 Å². The van der Waals surface area contributed by atoms with Gasteiger partial charge in [-0.1, -0.05) is 19.1 Å². The molecule has 0 aromatic carbocycles. The van der Waals surface area contributed by atoms with E-state index < -0.39 is 0 Å². The molecule has 6 nitrogen and oxygen atoms in total. The molecule has 112 valence electrons. The van der Waals surface area contributed by atoms with Crippen LogP contribution in [0.2, 0.25) is 0 Å². The van der Waals surface area contributed by atoms with E-state index in [4.69, 9.17) is 4.74 Å². The third-order valence-corrected chi connectivity index (χ3v) is 2.92. The second-order valence-electron chi connectivity index (χ2n) is 5.16. The van der Waals surface area contributed by atoms with Crippen molar-refractivity contribution < 1.29 is 14.3 Å². The quantitative estimate of drug-likeness (QED) is 0.607. The Bertz CT molecular complexity index is 441. The van der Waals surface area contributed by atoms with Gasteiger partial charge in [-0.05, 0) is 13.3 Å². The maximum Gasteiger partial charge on any atom is 0.137 e. The molecule has 0 saturated carbocycles. The number of rotatable bonds is 10. The summed E-state index contributed by atoms with van der Waals surface area (Å²) in [6, 6.07) is 0. The van der Waals surface area contributed by atoms with E-state index in [0.29, 0.717) is 39.0 Å². The Morgan fingerprint density at radius 2 is 2.05 bits per heavy atom. The van der Waals surface area contributed by atoms with E-state index in [1.165, 1.54) is 0 Å². The van der Waals surface area contributed by atoms with Crippen molar-refractivity contribution in [1.82, 2.24) is 15.0 Å². The second kappa shape index (κ2) is 8.58. The van der Waals surface area contributed by atoms with E-state index in [9.17, 15) is 9.59 Å². The van der Waals surface area contributed by atoms with Crippen molar-refractivity contribution in [2.24, 2.45) is 5.92 Å². The van der Waals surface area contributed by atoms with Crippen LogP contribution in [0.1, 0.15) is 39.3 Å². The molecule has 0 atom stereocenters. The Labute approximate surface area is 119 Å². The van der Waals surface area contributed by atoms with E-state index >= 15 is 0 Å². The number of Topliss-reactive ketones (excluding diaryl/α,β-unsaturated/α-hetero) is 2. The highest BCUT2D eigenvalue weighted by Crippen LogP contribution is 2.00. The molecule has 0 amide bonds. The molecule has 0 aliphatic carbocycles. The Hall–Kier alpha value is -1.56. The van der Waals surface area contributed by atoms with Crippen molar-refractivity contribution in [3.05, 3.63) is 11.9 Å². The molecular weight excluding hydrogens is 258 g/mol. The molecule has 20 heavy (non-hydrogen) atoms. The van der Waals surface area contributed by atoms with Gasteiger partial charge in [0.25, 0.3) is 0 Å². The first-order valence-electron chi connectivity index (χ1n) is 6.98. The van der Waals surface area contributed by atoms with Crippen LogP contribution in [0.15, 0.2) is 6.20 Å². The Kier molecular flexibility index (Phi) is 7.08. The molecule has 1 aromatic heterocycles. The fraction of sp³-hybridized carbons (Fsp3) is 0.714. The largest absolute Gasteiger partial charge is 0.379 e. The molecule has 6 heteroatoms. The number of ether oxygens (including phenoxy) is 1. The van der Waals surface area contributed by atoms with Gasteiger partial charge in [-0.15, -0.1) is 5.10 Å². The second-order valence-corrected chi connectivity index (χ2v) is 5.16. The Morgan fingerprint density at radius 1 is 1.30 bits per heavy atom. The molecule has 0 aliphatic rings. The minimum Gasteiger partial charge on any atom is -0.379 e. The van der Waals surface area contributed by atoms with Crippen LogP contribution in [0, 0.1) is 5.92 Å². The van der Waals surface area contributed by atoms with E-state index in [1.807, 2.05) is 20.0 Å². The molecule has 0 spiro atoms. The lowest BCUT2D eigenvalue weighted by Crippen LogP contribution is -2.12. The van der Waals surface area contributed by atoms with Crippen LogP contribution in [-0.2, 0) is 27.3 Å². The van der Waals surface area contributed by atoms with Gasteiger partial charge >= 0.3 is 0 Å². The summed E-state index contributed by atoms with van der Waals surface area (Å²) in [5.41, 5.74) is 0.815. The fourth-order valence-electron chi connectivity index (χ4n) is 1.59. The normalized spacial score (nSPS) is 11.0. The molecule has 0 fully saturated rings. The van der Waals surface area contributed by atoms with Crippen molar-refractivity contribution in [3.8, 4) is 0 Å². The van der Waals surface area contributed by atoms with E-state index in [2.05, 4.69) is 10.3 Å². The van der Waals surface area contributed by atoms with Gasteiger partial charge in [-0.3, -0.25) is 4.79 Å². The number of carbonyl (C=O) groups is 2. The number of hydrogen-bond acceptors (Lipinski definition) is 5. The first-order chi connectivity index (χ1) is 9.49. The third-order valence-electron chi connectivity index (χ3n) is 2.92. The lowest BCUT2D eigenvalue weighted by Gasteiger charge is -2.05. The van der Waals surface area contributed by atoms with Crippen LogP contribution in [0.3, 0.4) is 0 Å². The third kappa shape index (κ3) is 6.56. The topological polar surface area (TPSA) is 74.1 Å². The number of nitrogens with zero attached hydrogens (tertiary/aromatic N) is 3. The molecule has 0 bridgehead atoms. The smallest absolute Gasteiger partial charge is 0.137 e. The lowest BCUT2D eigenvalue weighted by atomic mass is 10.1. The summed E-state index contributed by atoms with van der Waals surface area (Å²) < 4.78 is 7.10. The summed E-state index contributed by atoms with van der Waals surface area (Å²) in [6.45, 7) is 6.89. The standard InChI is InChI=1S/C14H23N3O3/c1-11(2)14(19)6-8-20-9-7-17-10-13(15-16-17)5-4-12(3)18/h10-11H,4-9H2,1-3H3. The van der Waals surface area contributed by atoms with Crippen molar-refractivity contribution in [2.75, 3.05) is 13.2 Å². The maximum atomic E-state index is 11.4. The molecule has 0 radical (unpaired) electrons. The van der Waals surface area contributed by atoms with Crippen molar-refractivity contribution in [1.29, 1.82) is 0 Å². The highest BCUT2D eigenvalue weighted by Gasteiger charge is 2.06. The number of aromatic nitrogens is 3. The summed E-state index contributed by atoms with van der Waals surface area (Å²) in [5, 5.41) is 7.95. The zero-order valence-corrected chi connectivity index (χ0v) is 12.5. The number of ketones is 2. The zero-order chi connectivity index (χ0) is 15.0. The average Bonchev–Trinajstić information content (AvgIpc) is 2.83. The molecular formula is C14H23N3O3. The van der Waals surface area contributed by atoms with Gasteiger partial charge < -0.3 is 9.53 Å². The van der Waals surface area contributed by atoms with Crippen LogP contribution < -0.4 is 0 Å². The molecule has 0 unspecified atom stereocenters. The molecule has 1 heterocycles. The summed E-state index contributed by atoms with van der Waals surface area (Å²) in [4.78, 5) is 22.2. The van der Waals surface area contributed by atoms with Gasteiger partial charge in [0.1, 0.15) is 11.6 Å². The number of carbonyl (C=O) groups excluding carboxylic acids is 2. The van der Waals surface area contributed by atoms with Gasteiger partial charge in [-0.2, -0.15) is 0 Å². The Morgan fingerprint density at radius 3 is 2.70 bits per heavy atom. The number of hydrogen-bond donors (Lipinski definition) is 0. The highest BCUT2D eigenvalue weighted by molar-refractivity contribution is 5.80. The number of aryl methyl sites for hydroxylation is 1. The molecule has 1 rings (SSSR count). The molecule has 0 saturated heterocycles. The van der Waals surface area contributed by atoms with Crippen molar-refractivity contribution in [2.45, 2.75) is 46.6 Å². The van der Waals surface area contributed by atoms with Crippen molar-refractivity contribution in [3.63, 3.8) is 0 Å². The predicted molar refractivity (Wildman–Crippen MR) is 74.3 cm³/mol. The lowest BCUT2D eigenvalue weighted by molar-refractivity contribution is -0.123. The molecule has 0 N–H and O–H groups in total. The molecule has 1 aromatic rings. The van der Waals surface area contributed by atoms with E-state index in [0.717, 1.165) is 5.69 Å². The minimum absolute atomic E-state index is 0.0674. The van der Waals surface area contributed by atoms with Crippen LogP contribution in [0.25, 0.3) is 0 Å². The molecule has 0 aliphatic heterocycles. The fourth-order valence-corrected chi connectivity index (χ4v) is 1.59. The minimum atomic E-state index is 0.0674. The first kappa shape index (κ1) is 16.5. The average molecular weight is 281 g/mol. The monoisotopic (exact) mass is 281 g/mol. The predicted octanol–water partition coefficient (Wildman–Crippen LogP) is 1.43. The van der Waals surface area contributed by atoms with E-state index in [-0.39, 0.29) is 17.5 Å². The van der Waals surface area contributed by atoms with Gasteiger partial charge in [0.2, 0.25) is 0 Å². The van der Waals surface area contributed by atoms with Crippen LogP contribution in [0.5, 0.6) is 0 Å². The van der Waals surface area contributed by atoms with Gasteiger partial charge in [-0.25, -0.2) is 4.68 Å². The first-order valence-corrected chi connectivity index (χ1v) is 6.98. The van der Waals surface area contributed by atoms with Crippen LogP contribution in [0.4, 0.5) is 0 Å².